The van der Waals surface area contributed by atoms with Gasteiger partial charge in [0.1, 0.15) is 0 Å². The van der Waals surface area contributed by atoms with Crippen molar-refractivity contribution in [2.24, 2.45) is 5.41 Å². The monoisotopic (exact) mass is 144 g/mol. The van der Waals surface area contributed by atoms with Crippen molar-refractivity contribution in [3.8, 4) is 0 Å². The van der Waals surface area contributed by atoms with Crippen molar-refractivity contribution in [3.05, 3.63) is 23.8 Å². The van der Waals surface area contributed by atoms with E-state index in [-0.39, 0.29) is 20.3 Å². The second-order valence-corrected chi connectivity index (χ2v) is 4.19. The molecule has 0 spiro atoms. The van der Waals surface area contributed by atoms with Crippen molar-refractivity contribution in [1.29, 1.82) is 0 Å². The molecule has 0 bridgehead atoms. The molecule has 0 saturated heterocycles. The van der Waals surface area contributed by atoms with Crippen LogP contribution in [-0.4, -0.2) is 0 Å². The van der Waals surface area contributed by atoms with Crippen LogP contribution in [0.4, 0.5) is 0 Å². The summed E-state index contributed by atoms with van der Waals surface area (Å²) in [6.45, 7) is 6.85. The molecule has 0 aromatic carbocycles. The third-order valence-electron chi connectivity index (χ3n) is 1.61. The SMILES string of the molecule is CC(C)(C)CC1=CC=CC1.[H-].[Li+]. The van der Waals surface area contributed by atoms with Crippen molar-refractivity contribution in [1.82, 2.24) is 0 Å². The molecule has 1 rings (SSSR count). The molecule has 0 N–H and O–H groups in total. The Morgan fingerprint density at radius 3 is 2.45 bits per heavy atom. The van der Waals surface area contributed by atoms with Gasteiger partial charge in [0.25, 0.3) is 0 Å². The molecule has 1 heteroatoms. The van der Waals surface area contributed by atoms with Crippen LogP contribution in [-0.2, 0) is 0 Å². The maximum Gasteiger partial charge on any atom is 1.00 e. The standard InChI is InChI=1S/C10H16.Li.H/c1-10(2,3)8-9-6-4-5-7-9;;/h4-6H,7-8H2,1-3H3;;/q;+1;-1. The van der Waals surface area contributed by atoms with Crippen LogP contribution in [0, 0.1) is 5.41 Å². The van der Waals surface area contributed by atoms with Gasteiger partial charge in [-0.15, -0.1) is 0 Å². The van der Waals surface area contributed by atoms with Crippen LogP contribution in [0.3, 0.4) is 0 Å². The Morgan fingerprint density at radius 2 is 2.09 bits per heavy atom. The van der Waals surface area contributed by atoms with E-state index in [1.807, 2.05) is 0 Å². The number of rotatable bonds is 1. The van der Waals surface area contributed by atoms with Crippen LogP contribution in [0.2, 0.25) is 0 Å². The second-order valence-electron chi connectivity index (χ2n) is 4.19. The van der Waals surface area contributed by atoms with Crippen molar-refractivity contribution >= 4 is 0 Å². The molecule has 1 aliphatic rings. The van der Waals surface area contributed by atoms with Gasteiger partial charge in [-0.05, 0) is 18.3 Å². The third-order valence-corrected chi connectivity index (χ3v) is 1.61. The van der Waals surface area contributed by atoms with Crippen molar-refractivity contribution in [3.63, 3.8) is 0 Å². The van der Waals surface area contributed by atoms with E-state index in [1.165, 1.54) is 12.8 Å². The Morgan fingerprint density at radius 1 is 1.45 bits per heavy atom. The topological polar surface area (TPSA) is 0 Å². The minimum Gasteiger partial charge on any atom is -1.00 e. The van der Waals surface area contributed by atoms with Crippen molar-refractivity contribution < 1.29 is 20.3 Å². The molecule has 11 heavy (non-hydrogen) atoms. The molecule has 0 heterocycles. The first kappa shape index (κ1) is 11.1. The van der Waals surface area contributed by atoms with Crippen LogP contribution in [0.15, 0.2) is 23.8 Å². The van der Waals surface area contributed by atoms with Crippen molar-refractivity contribution in [2.45, 2.75) is 33.6 Å². The summed E-state index contributed by atoms with van der Waals surface area (Å²) >= 11 is 0. The van der Waals surface area contributed by atoms with E-state index in [9.17, 15) is 0 Å². The first-order chi connectivity index (χ1) is 4.58. The maximum atomic E-state index is 2.28. The van der Waals surface area contributed by atoms with Gasteiger partial charge >= 0.3 is 18.9 Å². The van der Waals surface area contributed by atoms with Crippen LogP contribution in [0.25, 0.3) is 0 Å². The molecule has 58 valence electrons. The summed E-state index contributed by atoms with van der Waals surface area (Å²) in [5.74, 6) is 0. The Labute approximate surface area is 83.4 Å². The summed E-state index contributed by atoms with van der Waals surface area (Å²) in [6, 6.07) is 0. The van der Waals surface area contributed by atoms with Crippen molar-refractivity contribution in [2.75, 3.05) is 0 Å². The Bertz CT molecular complexity index is 175. The first-order valence-electron chi connectivity index (χ1n) is 3.92. The second kappa shape index (κ2) is 4.19. The van der Waals surface area contributed by atoms with Gasteiger partial charge in [-0.3, -0.25) is 0 Å². The molecule has 0 unspecified atom stereocenters. The molecular weight excluding hydrogens is 127 g/mol. The van der Waals surface area contributed by atoms with Gasteiger partial charge in [-0.25, -0.2) is 0 Å². The van der Waals surface area contributed by atoms with E-state index in [1.54, 1.807) is 5.57 Å². The quantitative estimate of drug-likeness (QED) is 0.468. The fourth-order valence-electron chi connectivity index (χ4n) is 1.30. The molecule has 1 aliphatic carbocycles. The van der Waals surface area contributed by atoms with E-state index in [0.717, 1.165) is 0 Å². The minimum atomic E-state index is 0. The summed E-state index contributed by atoms with van der Waals surface area (Å²) in [4.78, 5) is 0. The fraction of sp³-hybridized carbons (Fsp3) is 0.600. The van der Waals surface area contributed by atoms with Crippen LogP contribution < -0.4 is 18.9 Å². The summed E-state index contributed by atoms with van der Waals surface area (Å²) in [6.07, 6.45) is 9.03. The number of hydrogen-bond donors (Lipinski definition) is 0. The molecule has 0 aromatic heterocycles. The molecule has 0 atom stereocenters. The Kier molecular flexibility index (Phi) is 4.22. The van der Waals surface area contributed by atoms with Crippen LogP contribution in [0.5, 0.6) is 0 Å². The number of hydrogen-bond acceptors (Lipinski definition) is 0. The summed E-state index contributed by atoms with van der Waals surface area (Å²) in [7, 11) is 0. The Balaban J connectivity index is 0. The fourth-order valence-corrected chi connectivity index (χ4v) is 1.30. The predicted octanol–water partition coefficient (Wildman–Crippen LogP) is 0.425. The van der Waals surface area contributed by atoms with Gasteiger partial charge in [0, 0.05) is 0 Å². The predicted molar refractivity (Wildman–Crippen MR) is 47.0 cm³/mol. The average molecular weight is 144 g/mol. The Hall–Kier alpha value is 0.0774. The molecule has 0 nitrogen and oxygen atoms in total. The summed E-state index contributed by atoms with van der Waals surface area (Å²) < 4.78 is 0. The van der Waals surface area contributed by atoms with Gasteiger partial charge in [0.05, 0.1) is 0 Å². The van der Waals surface area contributed by atoms with Gasteiger partial charge in [0.15, 0.2) is 0 Å². The van der Waals surface area contributed by atoms with Crippen LogP contribution in [0.1, 0.15) is 35.0 Å². The van der Waals surface area contributed by atoms with E-state index >= 15 is 0 Å². The summed E-state index contributed by atoms with van der Waals surface area (Å²) in [5.41, 5.74) is 2.03. The van der Waals surface area contributed by atoms with Gasteiger partial charge < -0.3 is 1.43 Å². The van der Waals surface area contributed by atoms with Crippen LogP contribution >= 0.6 is 0 Å². The molecule has 0 amide bonds. The number of allylic oxidation sites excluding steroid dienone is 4. The smallest absolute Gasteiger partial charge is 1.00 e. The normalized spacial score (nSPS) is 16.1. The zero-order chi connectivity index (χ0) is 7.61. The third kappa shape index (κ3) is 4.51. The van der Waals surface area contributed by atoms with E-state index in [4.69, 9.17) is 0 Å². The zero-order valence-electron chi connectivity index (χ0n) is 9.15. The van der Waals surface area contributed by atoms with Gasteiger partial charge in [-0.2, -0.15) is 0 Å². The maximum absolute atomic E-state index is 2.28. The average Bonchev–Trinajstić information content (AvgIpc) is 2.12. The van der Waals surface area contributed by atoms with E-state index < -0.39 is 0 Å². The molecule has 0 aromatic rings. The molecule has 0 saturated carbocycles. The molecular formula is C10H17Li. The van der Waals surface area contributed by atoms with E-state index in [2.05, 4.69) is 39.0 Å². The molecule has 0 radical (unpaired) electrons. The van der Waals surface area contributed by atoms with Gasteiger partial charge in [-0.1, -0.05) is 44.6 Å². The first-order valence-corrected chi connectivity index (χ1v) is 3.92. The molecule has 0 fully saturated rings. The summed E-state index contributed by atoms with van der Waals surface area (Å²) in [5, 5.41) is 0. The molecule has 0 aliphatic heterocycles. The van der Waals surface area contributed by atoms with Gasteiger partial charge in [0.2, 0.25) is 0 Å². The minimum absolute atomic E-state index is 0. The zero-order valence-corrected chi connectivity index (χ0v) is 8.15. The largest absolute Gasteiger partial charge is 1.00 e. The van der Waals surface area contributed by atoms with E-state index in [0.29, 0.717) is 5.41 Å².